The quantitative estimate of drug-likeness (QED) is 0.745. The number of halogens is 3. The van der Waals surface area contributed by atoms with Gasteiger partial charge in [-0.15, -0.1) is 0 Å². The summed E-state index contributed by atoms with van der Waals surface area (Å²) in [5.74, 6) is -1.13. The highest BCUT2D eigenvalue weighted by atomic mass is 19.3. The van der Waals surface area contributed by atoms with Gasteiger partial charge < -0.3 is 15.2 Å². The van der Waals surface area contributed by atoms with E-state index in [0.29, 0.717) is 5.75 Å². The Morgan fingerprint density at radius 1 is 1.08 bits per heavy atom. The number of carbonyl (C=O) groups excluding carboxylic acids is 1. The number of carbonyl (C=O) groups is 1. The van der Waals surface area contributed by atoms with Gasteiger partial charge in [-0.2, -0.15) is 8.78 Å². The molecule has 0 aliphatic rings. The van der Waals surface area contributed by atoms with Gasteiger partial charge in [0.25, 0.3) is 5.91 Å². The van der Waals surface area contributed by atoms with Gasteiger partial charge in [0.05, 0.1) is 18.6 Å². The molecule has 0 aromatic heterocycles. The van der Waals surface area contributed by atoms with E-state index in [1.165, 1.54) is 48.5 Å². The smallest absolute Gasteiger partial charge is 0.397 e. The zero-order valence-corrected chi connectivity index (χ0v) is 12.7. The minimum Gasteiger partial charge on any atom is -0.494 e. The molecule has 24 heavy (non-hydrogen) atoms. The highest BCUT2D eigenvalue weighted by Crippen LogP contribution is 2.28. The number of hydrogen-bond donors (Lipinski definition) is 1. The molecule has 2 aromatic rings. The molecule has 0 spiro atoms. The van der Waals surface area contributed by atoms with Crippen molar-refractivity contribution in [2.45, 2.75) is 19.0 Å². The van der Waals surface area contributed by atoms with Gasteiger partial charge in [0.2, 0.25) is 0 Å². The van der Waals surface area contributed by atoms with E-state index in [1.807, 2.05) is 0 Å². The predicted molar refractivity (Wildman–Crippen MR) is 81.7 cm³/mol. The van der Waals surface area contributed by atoms with E-state index in [0.717, 1.165) is 0 Å². The normalized spacial score (nSPS) is 11.1. The Hall–Kier alpha value is -2.70. The lowest BCUT2D eigenvalue weighted by molar-refractivity contribution is -0.182. The summed E-state index contributed by atoms with van der Waals surface area (Å²) in [6.45, 7) is 0.0159. The first-order chi connectivity index (χ1) is 11.4. The average Bonchev–Trinajstić information content (AvgIpc) is 2.53. The minimum atomic E-state index is -3.47. The molecule has 0 aliphatic carbocycles. The Balaban J connectivity index is 1.85. The lowest BCUT2D eigenvalue weighted by atomic mass is 10.2. The van der Waals surface area contributed by atoms with Crippen molar-refractivity contribution in [2.24, 2.45) is 5.73 Å². The minimum absolute atomic E-state index is 0.00309. The summed E-state index contributed by atoms with van der Waals surface area (Å²) in [6.07, 6.45) is -4.08. The van der Waals surface area contributed by atoms with Crippen molar-refractivity contribution in [3.05, 3.63) is 59.9 Å². The first-order valence-electron chi connectivity index (χ1n) is 7.21. The summed E-state index contributed by atoms with van der Waals surface area (Å²) >= 11 is 0. The highest BCUT2D eigenvalue weighted by Gasteiger charge is 2.32. The van der Waals surface area contributed by atoms with Crippen LogP contribution in [0.3, 0.4) is 0 Å². The number of ether oxygens (including phenoxy) is 2. The number of para-hydroxylation sites is 1. The second-order valence-corrected chi connectivity index (χ2v) is 5.01. The van der Waals surface area contributed by atoms with Crippen LogP contribution in [0, 0.1) is 5.82 Å². The van der Waals surface area contributed by atoms with Crippen LogP contribution in [0.25, 0.3) is 0 Å². The largest absolute Gasteiger partial charge is 0.494 e. The van der Waals surface area contributed by atoms with Crippen molar-refractivity contribution in [2.75, 3.05) is 6.61 Å². The lowest BCUT2D eigenvalue weighted by Crippen LogP contribution is -2.27. The molecule has 0 heterocycles. The van der Waals surface area contributed by atoms with Gasteiger partial charge in [-0.25, -0.2) is 4.39 Å². The van der Waals surface area contributed by atoms with Gasteiger partial charge in [-0.3, -0.25) is 4.79 Å². The summed E-state index contributed by atoms with van der Waals surface area (Å²) < 4.78 is 50.3. The van der Waals surface area contributed by atoms with Gasteiger partial charge >= 0.3 is 6.11 Å². The number of hydrogen-bond acceptors (Lipinski definition) is 3. The van der Waals surface area contributed by atoms with Crippen LogP contribution >= 0.6 is 0 Å². The predicted octanol–water partition coefficient (Wildman–Crippen LogP) is 3.76. The van der Waals surface area contributed by atoms with Crippen LogP contribution in [0.2, 0.25) is 0 Å². The van der Waals surface area contributed by atoms with Crippen molar-refractivity contribution in [1.29, 1.82) is 0 Å². The van der Waals surface area contributed by atoms with E-state index in [9.17, 15) is 18.0 Å². The number of alkyl halides is 2. The first kappa shape index (κ1) is 17.7. The SMILES string of the molecule is NC(=O)c1ccccc1OC(F)(F)CCCOc1ccc(F)cc1. The van der Waals surface area contributed by atoms with E-state index in [1.54, 1.807) is 0 Å². The molecule has 2 N–H and O–H groups in total. The van der Waals surface area contributed by atoms with Crippen LogP contribution < -0.4 is 15.2 Å². The Bertz CT molecular complexity index is 690. The molecule has 7 heteroatoms. The zero-order valence-electron chi connectivity index (χ0n) is 12.7. The van der Waals surface area contributed by atoms with E-state index >= 15 is 0 Å². The van der Waals surface area contributed by atoms with Crippen LogP contribution in [0.1, 0.15) is 23.2 Å². The van der Waals surface area contributed by atoms with E-state index in [2.05, 4.69) is 4.74 Å². The Morgan fingerprint density at radius 3 is 2.42 bits per heavy atom. The number of amides is 1. The van der Waals surface area contributed by atoms with Crippen LogP contribution in [0.15, 0.2) is 48.5 Å². The molecule has 1 amide bonds. The van der Waals surface area contributed by atoms with E-state index in [4.69, 9.17) is 10.5 Å². The van der Waals surface area contributed by atoms with E-state index < -0.39 is 24.3 Å². The maximum Gasteiger partial charge on any atom is 0.397 e. The maximum absolute atomic E-state index is 13.9. The van der Waals surface area contributed by atoms with Crippen molar-refractivity contribution < 1.29 is 27.4 Å². The van der Waals surface area contributed by atoms with Crippen LogP contribution in [0.5, 0.6) is 11.5 Å². The Kier molecular flexibility index (Phi) is 5.68. The second kappa shape index (κ2) is 7.72. The summed E-state index contributed by atoms with van der Waals surface area (Å²) in [6, 6.07) is 10.8. The van der Waals surface area contributed by atoms with Crippen LogP contribution in [0.4, 0.5) is 13.2 Å². The number of primary amides is 1. The van der Waals surface area contributed by atoms with Gasteiger partial charge in [0.15, 0.2) is 0 Å². The maximum atomic E-state index is 13.9. The third-order valence-electron chi connectivity index (χ3n) is 3.11. The van der Waals surface area contributed by atoms with Gasteiger partial charge in [0, 0.05) is 0 Å². The third kappa shape index (κ3) is 5.19. The second-order valence-electron chi connectivity index (χ2n) is 5.01. The molecule has 0 saturated heterocycles. The number of benzene rings is 2. The molecule has 2 rings (SSSR count). The monoisotopic (exact) mass is 339 g/mol. The molecular formula is C17H16F3NO3. The number of nitrogens with two attached hydrogens (primary N) is 1. The van der Waals surface area contributed by atoms with Crippen molar-refractivity contribution in [3.8, 4) is 11.5 Å². The van der Waals surface area contributed by atoms with Gasteiger partial charge in [-0.1, -0.05) is 12.1 Å². The zero-order chi connectivity index (χ0) is 17.6. The highest BCUT2D eigenvalue weighted by molar-refractivity contribution is 5.95. The van der Waals surface area contributed by atoms with Gasteiger partial charge in [-0.05, 0) is 42.8 Å². The van der Waals surface area contributed by atoms with E-state index in [-0.39, 0.29) is 24.3 Å². The van der Waals surface area contributed by atoms with Gasteiger partial charge in [0.1, 0.15) is 17.3 Å². The standard InChI is InChI=1S/C17H16F3NO3/c18-12-6-8-13(9-7-12)23-11-3-10-17(19,20)24-15-5-2-1-4-14(15)16(21)22/h1-2,4-9H,3,10-11H2,(H2,21,22). The molecular weight excluding hydrogens is 323 g/mol. The summed E-state index contributed by atoms with van der Waals surface area (Å²) in [5, 5.41) is 0. The van der Waals surface area contributed by atoms with Crippen LogP contribution in [-0.2, 0) is 0 Å². The summed E-state index contributed by atoms with van der Waals surface area (Å²) in [4.78, 5) is 11.2. The van der Waals surface area contributed by atoms with Crippen LogP contribution in [-0.4, -0.2) is 18.6 Å². The molecule has 4 nitrogen and oxygen atoms in total. The van der Waals surface area contributed by atoms with Crippen molar-refractivity contribution in [1.82, 2.24) is 0 Å². The molecule has 0 fully saturated rings. The molecule has 0 saturated carbocycles. The topological polar surface area (TPSA) is 61.6 Å². The molecule has 2 aromatic carbocycles. The molecule has 128 valence electrons. The Morgan fingerprint density at radius 2 is 1.75 bits per heavy atom. The average molecular weight is 339 g/mol. The fourth-order valence-electron chi connectivity index (χ4n) is 1.97. The fourth-order valence-corrected chi connectivity index (χ4v) is 1.97. The molecule has 0 atom stereocenters. The first-order valence-corrected chi connectivity index (χ1v) is 7.21. The number of rotatable bonds is 8. The molecule has 0 radical (unpaired) electrons. The summed E-state index contributed by atoms with van der Waals surface area (Å²) in [5.41, 5.74) is 5.01. The summed E-state index contributed by atoms with van der Waals surface area (Å²) in [7, 11) is 0. The molecule has 0 bridgehead atoms. The Labute approximate surface area is 137 Å². The fraction of sp³-hybridized carbons (Fsp3) is 0.235. The van der Waals surface area contributed by atoms with Crippen molar-refractivity contribution in [3.63, 3.8) is 0 Å². The lowest BCUT2D eigenvalue weighted by Gasteiger charge is -2.19. The molecule has 0 unspecified atom stereocenters. The van der Waals surface area contributed by atoms with Crippen molar-refractivity contribution >= 4 is 5.91 Å². The third-order valence-corrected chi connectivity index (χ3v) is 3.11. The molecule has 0 aliphatic heterocycles.